The number of benzene rings is 2. The summed E-state index contributed by atoms with van der Waals surface area (Å²) in [5.74, 6) is 0.815. The molecule has 0 amide bonds. The summed E-state index contributed by atoms with van der Waals surface area (Å²) in [6.45, 7) is 7.92. The van der Waals surface area contributed by atoms with E-state index in [1.807, 2.05) is 19.9 Å². The lowest BCUT2D eigenvalue weighted by Gasteiger charge is -2.14. The molecule has 0 heterocycles. The number of rotatable bonds is 7. The average Bonchev–Trinajstić information content (AvgIpc) is 2.77. The van der Waals surface area contributed by atoms with Gasteiger partial charge in [-0.05, 0) is 62.6 Å². The van der Waals surface area contributed by atoms with Crippen LogP contribution in [-0.2, 0) is 18.9 Å². The summed E-state index contributed by atoms with van der Waals surface area (Å²) in [5.41, 5.74) is 5.28. The maximum atomic E-state index is 10.3. The van der Waals surface area contributed by atoms with Crippen molar-refractivity contribution in [2.45, 2.75) is 40.3 Å². The number of ether oxygens (including phenoxy) is 5. The molecule has 0 aliphatic heterocycles. The molecule has 0 aliphatic carbocycles. The Morgan fingerprint density at radius 2 is 1.33 bits per heavy atom. The van der Waals surface area contributed by atoms with Crippen molar-refractivity contribution in [2.75, 3.05) is 35.5 Å². The molecule has 2 aromatic carbocycles. The van der Waals surface area contributed by atoms with Crippen LogP contribution in [0, 0.1) is 20.8 Å². The van der Waals surface area contributed by atoms with Crippen LogP contribution in [-0.4, -0.2) is 48.1 Å². The van der Waals surface area contributed by atoms with Gasteiger partial charge in [-0.1, -0.05) is 18.2 Å². The zero-order chi connectivity index (χ0) is 23.1. The van der Waals surface area contributed by atoms with Crippen LogP contribution in [0.3, 0.4) is 0 Å². The molecule has 0 atom stereocenters. The Balaban J connectivity index is 0.000000450. The number of aldehydes is 1. The molecule has 30 heavy (non-hydrogen) atoms. The van der Waals surface area contributed by atoms with Crippen LogP contribution in [0.15, 0.2) is 36.4 Å². The lowest BCUT2D eigenvalue weighted by Crippen LogP contribution is -2.05. The third-order valence-electron chi connectivity index (χ3n) is 4.45. The zero-order valence-corrected chi connectivity index (χ0v) is 19.6. The van der Waals surface area contributed by atoms with Crippen molar-refractivity contribution >= 4 is 6.29 Å². The SMILES string of the molecule is COC(C)OC.COC(OC)c1ccc(C)c(C)c1.COc1ccc(C=O)cc1C. The zero-order valence-electron chi connectivity index (χ0n) is 19.6. The van der Waals surface area contributed by atoms with Crippen LogP contribution >= 0.6 is 0 Å². The fraction of sp³-hybridized carbons (Fsp3) is 0.458. The minimum absolute atomic E-state index is 0.0648. The fourth-order valence-electron chi connectivity index (χ4n) is 2.35. The van der Waals surface area contributed by atoms with E-state index in [0.29, 0.717) is 5.56 Å². The quantitative estimate of drug-likeness (QED) is 0.462. The summed E-state index contributed by atoms with van der Waals surface area (Å²) >= 11 is 0. The minimum Gasteiger partial charge on any atom is -0.496 e. The predicted molar refractivity (Wildman–Crippen MR) is 119 cm³/mol. The van der Waals surface area contributed by atoms with Crippen molar-refractivity contribution in [3.05, 3.63) is 64.2 Å². The van der Waals surface area contributed by atoms with Gasteiger partial charge < -0.3 is 23.7 Å². The largest absolute Gasteiger partial charge is 0.496 e. The molecular formula is C24H36O6. The van der Waals surface area contributed by atoms with Gasteiger partial charge in [0.05, 0.1) is 7.11 Å². The van der Waals surface area contributed by atoms with Gasteiger partial charge in [-0.25, -0.2) is 0 Å². The van der Waals surface area contributed by atoms with Gasteiger partial charge in [-0.3, -0.25) is 4.79 Å². The highest BCUT2D eigenvalue weighted by molar-refractivity contribution is 5.75. The van der Waals surface area contributed by atoms with Crippen LogP contribution in [0.2, 0.25) is 0 Å². The van der Waals surface area contributed by atoms with Gasteiger partial charge in [0.15, 0.2) is 12.6 Å². The molecule has 0 radical (unpaired) electrons. The Morgan fingerprint density at radius 1 is 0.733 bits per heavy atom. The summed E-state index contributed by atoms with van der Waals surface area (Å²) in [6.07, 6.45) is 0.510. The van der Waals surface area contributed by atoms with E-state index in [1.54, 1.807) is 53.7 Å². The topological polar surface area (TPSA) is 63.2 Å². The first-order valence-corrected chi connectivity index (χ1v) is 9.55. The standard InChI is InChI=1S/C11H16O2.C9H10O2.C4H10O2/c1-8-5-6-10(7-9(8)2)11(12-3)13-4;1-7-5-8(6-10)3-4-9(7)11-2;1-4(5-2)6-3/h5-7,11H,1-4H3;3-6H,1-2H3;4H,1-3H3. The molecule has 2 rings (SSSR count). The van der Waals surface area contributed by atoms with Crippen LogP contribution in [0.5, 0.6) is 5.75 Å². The van der Waals surface area contributed by atoms with Crippen LogP contribution in [0.1, 0.15) is 45.8 Å². The second-order valence-corrected chi connectivity index (χ2v) is 6.53. The van der Waals surface area contributed by atoms with Gasteiger partial charge in [0, 0.05) is 39.6 Å². The van der Waals surface area contributed by atoms with E-state index in [9.17, 15) is 4.79 Å². The molecule has 2 aromatic rings. The van der Waals surface area contributed by atoms with Crippen molar-refractivity contribution in [1.29, 1.82) is 0 Å². The molecule has 0 aromatic heterocycles. The second kappa shape index (κ2) is 15.6. The van der Waals surface area contributed by atoms with E-state index in [4.69, 9.17) is 14.2 Å². The van der Waals surface area contributed by atoms with Crippen LogP contribution in [0.25, 0.3) is 0 Å². The van der Waals surface area contributed by atoms with Gasteiger partial charge in [0.1, 0.15) is 12.0 Å². The Morgan fingerprint density at radius 3 is 1.70 bits per heavy atom. The van der Waals surface area contributed by atoms with Crippen LogP contribution < -0.4 is 4.74 Å². The van der Waals surface area contributed by atoms with Gasteiger partial charge in [0.2, 0.25) is 0 Å². The molecule has 0 fully saturated rings. The molecular weight excluding hydrogens is 384 g/mol. The maximum Gasteiger partial charge on any atom is 0.183 e. The van der Waals surface area contributed by atoms with Gasteiger partial charge in [-0.2, -0.15) is 0 Å². The first-order chi connectivity index (χ1) is 14.3. The van der Waals surface area contributed by atoms with Crippen LogP contribution in [0.4, 0.5) is 0 Å². The summed E-state index contributed by atoms with van der Waals surface area (Å²) in [4.78, 5) is 10.3. The highest BCUT2D eigenvalue weighted by Crippen LogP contribution is 2.20. The Hall–Kier alpha value is -2.25. The summed E-state index contributed by atoms with van der Waals surface area (Å²) in [5, 5.41) is 0. The average molecular weight is 421 g/mol. The molecule has 0 spiro atoms. The minimum atomic E-state index is -0.251. The predicted octanol–water partition coefficient (Wildman–Crippen LogP) is 5.04. The van der Waals surface area contributed by atoms with Gasteiger partial charge in [-0.15, -0.1) is 0 Å². The second-order valence-electron chi connectivity index (χ2n) is 6.53. The molecule has 168 valence electrons. The van der Waals surface area contributed by atoms with Gasteiger partial charge >= 0.3 is 0 Å². The molecule has 0 bridgehead atoms. The van der Waals surface area contributed by atoms with Crippen molar-refractivity contribution in [1.82, 2.24) is 0 Å². The highest BCUT2D eigenvalue weighted by atomic mass is 16.7. The highest BCUT2D eigenvalue weighted by Gasteiger charge is 2.08. The van der Waals surface area contributed by atoms with E-state index in [0.717, 1.165) is 23.2 Å². The number of methoxy groups -OCH3 is 5. The summed E-state index contributed by atoms with van der Waals surface area (Å²) in [6, 6.07) is 11.5. The lowest BCUT2D eigenvalue weighted by molar-refractivity contribution is -0.106. The molecule has 6 nitrogen and oxygen atoms in total. The van der Waals surface area contributed by atoms with E-state index >= 15 is 0 Å². The fourth-order valence-corrected chi connectivity index (χ4v) is 2.35. The molecule has 0 aliphatic rings. The lowest BCUT2D eigenvalue weighted by atomic mass is 10.1. The number of aryl methyl sites for hydroxylation is 3. The van der Waals surface area contributed by atoms with Crippen molar-refractivity contribution in [3.8, 4) is 5.75 Å². The number of carbonyl (C=O) groups excluding carboxylic acids is 1. The molecule has 0 saturated heterocycles. The third kappa shape index (κ3) is 9.98. The van der Waals surface area contributed by atoms with Gasteiger partial charge in [0.25, 0.3) is 0 Å². The van der Waals surface area contributed by atoms with E-state index < -0.39 is 0 Å². The molecule has 6 heteroatoms. The smallest absolute Gasteiger partial charge is 0.183 e. The van der Waals surface area contributed by atoms with E-state index in [-0.39, 0.29) is 12.6 Å². The van der Waals surface area contributed by atoms with Crippen molar-refractivity contribution < 1.29 is 28.5 Å². The van der Waals surface area contributed by atoms with E-state index in [2.05, 4.69) is 35.5 Å². The number of carbonyl (C=O) groups is 1. The molecule has 0 N–H and O–H groups in total. The first kappa shape index (κ1) is 27.8. The van der Waals surface area contributed by atoms with Crippen molar-refractivity contribution in [2.24, 2.45) is 0 Å². The summed E-state index contributed by atoms with van der Waals surface area (Å²) < 4.78 is 24.7. The third-order valence-corrected chi connectivity index (χ3v) is 4.45. The van der Waals surface area contributed by atoms with Crippen molar-refractivity contribution in [3.63, 3.8) is 0 Å². The Labute approximate surface area is 181 Å². The monoisotopic (exact) mass is 420 g/mol. The first-order valence-electron chi connectivity index (χ1n) is 9.55. The van der Waals surface area contributed by atoms with E-state index in [1.165, 1.54) is 11.1 Å². The maximum absolute atomic E-state index is 10.3. The molecule has 0 saturated carbocycles. The Kier molecular flexibility index (Phi) is 14.4. The number of hydrogen-bond acceptors (Lipinski definition) is 6. The summed E-state index contributed by atoms with van der Waals surface area (Å²) in [7, 11) is 8.11. The number of hydrogen-bond donors (Lipinski definition) is 0. The molecule has 0 unspecified atom stereocenters. The normalized spacial score (nSPS) is 10.1. The Bertz CT molecular complexity index is 736.